The first-order chi connectivity index (χ1) is 15.3. The van der Waals surface area contributed by atoms with Gasteiger partial charge in [-0.25, -0.2) is 9.67 Å². The van der Waals surface area contributed by atoms with Crippen molar-refractivity contribution in [2.75, 3.05) is 12.4 Å². The van der Waals surface area contributed by atoms with E-state index >= 15 is 0 Å². The van der Waals surface area contributed by atoms with Crippen LogP contribution in [0.5, 0.6) is 17.5 Å². The Hall–Kier alpha value is -4.21. The van der Waals surface area contributed by atoms with E-state index in [-0.39, 0.29) is 11.8 Å². The molecule has 3 heterocycles. The fourth-order valence-corrected chi connectivity index (χ4v) is 3.25. The minimum absolute atomic E-state index is 0.266. The van der Waals surface area contributed by atoms with Crippen molar-refractivity contribution in [2.45, 2.75) is 20.8 Å². The number of hydrogen-bond donors (Lipinski definition) is 1. The topological polar surface area (TPSA) is 109 Å². The predicted molar refractivity (Wildman–Crippen MR) is 118 cm³/mol. The monoisotopic (exact) mass is 433 g/mol. The summed E-state index contributed by atoms with van der Waals surface area (Å²) in [5.41, 5.74) is 2.83. The lowest BCUT2D eigenvalue weighted by molar-refractivity contribution is 0.102. The van der Waals surface area contributed by atoms with Crippen LogP contribution in [0.15, 0.2) is 42.6 Å². The second-order valence-electron chi connectivity index (χ2n) is 7.26. The van der Waals surface area contributed by atoms with E-state index in [0.29, 0.717) is 34.5 Å². The standard InChI is InChI=1S/C22H23N7O3/c1-13-10-14(2)29(26-13)19-11-20(24-15(3)23-19)32-17-8-6-16(7-9-17)25-21(30)18-12-28(4)27-22(18)31-5/h6-12H,1-5H3,(H,25,30). The molecule has 10 nitrogen and oxygen atoms in total. The molecule has 10 heteroatoms. The maximum atomic E-state index is 12.5. The molecular weight excluding hydrogens is 410 g/mol. The van der Waals surface area contributed by atoms with Crippen molar-refractivity contribution in [1.82, 2.24) is 29.5 Å². The zero-order valence-corrected chi connectivity index (χ0v) is 18.4. The number of nitrogens with one attached hydrogen (secondary N) is 1. The van der Waals surface area contributed by atoms with Crippen LogP contribution in [-0.4, -0.2) is 42.5 Å². The molecule has 32 heavy (non-hydrogen) atoms. The smallest absolute Gasteiger partial charge is 0.262 e. The first-order valence-electron chi connectivity index (χ1n) is 9.88. The fourth-order valence-electron chi connectivity index (χ4n) is 3.25. The van der Waals surface area contributed by atoms with Crippen LogP contribution in [0.1, 0.15) is 27.6 Å². The normalized spacial score (nSPS) is 10.8. The summed E-state index contributed by atoms with van der Waals surface area (Å²) in [4.78, 5) is 21.3. The van der Waals surface area contributed by atoms with Gasteiger partial charge in [-0.3, -0.25) is 9.48 Å². The predicted octanol–water partition coefficient (Wildman–Crippen LogP) is 3.37. The Balaban J connectivity index is 1.49. The summed E-state index contributed by atoms with van der Waals surface area (Å²) in [5.74, 6) is 2.12. The van der Waals surface area contributed by atoms with Crippen LogP contribution in [0.4, 0.5) is 5.69 Å². The molecule has 0 spiro atoms. The number of amides is 1. The average Bonchev–Trinajstić information content (AvgIpc) is 3.30. The van der Waals surface area contributed by atoms with E-state index in [0.717, 1.165) is 11.4 Å². The van der Waals surface area contributed by atoms with Gasteiger partial charge < -0.3 is 14.8 Å². The minimum Gasteiger partial charge on any atom is -0.479 e. The lowest BCUT2D eigenvalue weighted by atomic mass is 10.2. The molecular formula is C22H23N7O3. The molecule has 0 aliphatic carbocycles. The zero-order chi connectivity index (χ0) is 22.8. The number of carbonyl (C=O) groups excluding carboxylic acids is 1. The number of aromatic nitrogens is 6. The highest BCUT2D eigenvalue weighted by atomic mass is 16.5. The van der Waals surface area contributed by atoms with Gasteiger partial charge >= 0.3 is 0 Å². The van der Waals surface area contributed by atoms with Crippen LogP contribution in [0.25, 0.3) is 5.82 Å². The maximum absolute atomic E-state index is 12.5. The van der Waals surface area contributed by atoms with E-state index in [2.05, 4.69) is 25.5 Å². The lowest BCUT2D eigenvalue weighted by Crippen LogP contribution is -2.12. The molecule has 164 valence electrons. The quantitative estimate of drug-likeness (QED) is 0.496. The number of carbonyl (C=O) groups is 1. The summed E-state index contributed by atoms with van der Waals surface area (Å²) >= 11 is 0. The second-order valence-corrected chi connectivity index (χ2v) is 7.26. The van der Waals surface area contributed by atoms with E-state index < -0.39 is 0 Å². The van der Waals surface area contributed by atoms with Gasteiger partial charge in [-0.05, 0) is 51.1 Å². The molecule has 0 fully saturated rings. The number of ether oxygens (including phenoxy) is 2. The highest BCUT2D eigenvalue weighted by molar-refractivity contribution is 6.05. The van der Waals surface area contributed by atoms with Crippen molar-refractivity contribution in [1.29, 1.82) is 0 Å². The van der Waals surface area contributed by atoms with E-state index in [4.69, 9.17) is 9.47 Å². The van der Waals surface area contributed by atoms with E-state index in [1.54, 1.807) is 55.2 Å². The summed E-state index contributed by atoms with van der Waals surface area (Å²) in [7, 11) is 3.20. The third-order valence-corrected chi connectivity index (χ3v) is 4.60. The Morgan fingerprint density at radius 2 is 1.78 bits per heavy atom. The first kappa shape index (κ1) is 21.0. The Morgan fingerprint density at radius 3 is 2.44 bits per heavy atom. The van der Waals surface area contributed by atoms with E-state index in [1.807, 2.05) is 19.9 Å². The van der Waals surface area contributed by atoms with Gasteiger partial charge in [0, 0.05) is 30.7 Å². The molecule has 0 atom stereocenters. The Morgan fingerprint density at radius 1 is 1.03 bits per heavy atom. The number of anilines is 1. The number of hydrogen-bond acceptors (Lipinski definition) is 7. The first-order valence-corrected chi connectivity index (χ1v) is 9.88. The Bertz CT molecular complexity index is 1280. The van der Waals surface area contributed by atoms with Crippen LogP contribution in [0.2, 0.25) is 0 Å². The van der Waals surface area contributed by atoms with Gasteiger partial charge in [0.05, 0.1) is 12.8 Å². The molecule has 0 bridgehead atoms. The van der Waals surface area contributed by atoms with Crippen LogP contribution < -0.4 is 14.8 Å². The van der Waals surface area contributed by atoms with Gasteiger partial charge in [0.2, 0.25) is 11.8 Å². The summed E-state index contributed by atoms with van der Waals surface area (Å²) in [6.07, 6.45) is 1.60. The SMILES string of the molecule is COc1nn(C)cc1C(=O)Nc1ccc(Oc2cc(-n3nc(C)cc3C)nc(C)n2)cc1. The number of benzene rings is 1. The molecule has 1 aromatic carbocycles. The summed E-state index contributed by atoms with van der Waals surface area (Å²) < 4.78 is 14.3. The van der Waals surface area contributed by atoms with Crippen LogP contribution in [0.3, 0.4) is 0 Å². The second kappa shape index (κ2) is 8.50. The Labute approximate surface area is 184 Å². The third kappa shape index (κ3) is 4.43. The lowest BCUT2D eigenvalue weighted by Gasteiger charge is -2.10. The van der Waals surface area contributed by atoms with Crippen LogP contribution >= 0.6 is 0 Å². The van der Waals surface area contributed by atoms with Crippen molar-refractivity contribution >= 4 is 11.6 Å². The van der Waals surface area contributed by atoms with Gasteiger partial charge in [-0.15, -0.1) is 5.10 Å². The van der Waals surface area contributed by atoms with Gasteiger partial charge in [0.1, 0.15) is 17.1 Å². The molecule has 1 N–H and O–H groups in total. The number of rotatable bonds is 6. The number of methoxy groups -OCH3 is 1. The molecule has 0 unspecified atom stereocenters. The van der Waals surface area contributed by atoms with Gasteiger partial charge in [-0.1, -0.05) is 0 Å². The van der Waals surface area contributed by atoms with Gasteiger partial charge in [0.25, 0.3) is 5.91 Å². The van der Waals surface area contributed by atoms with E-state index in [9.17, 15) is 4.79 Å². The van der Waals surface area contributed by atoms with Gasteiger partial charge in [0.15, 0.2) is 5.82 Å². The van der Waals surface area contributed by atoms with Crippen molar-refractivity contribution in [3.05, 3.63) is 65.4 Å². The largest absolute Gasteiger partial charge is 0.479 e. The van der Waals surface area contributed by atoms with Crippen molar-refractivity contribution in [3.8, 4) is 23.3 Å². The molecule has 0 saturated carbocycles. The zero-order valence-electron chi connectivity index (χ0n) is 18.4. The number of aryl methyl sites for hydroxylation is 4. The van der Waals surface area contributed by atoms with Gasteiger partial charge in [-0.2, -0.15) is 10.1 Å². The highest BCUT2D eigenvalue weighted by Crippen LogP contribution is 2.24. The molecule has 0 saturated heterocycles. The molecule has 0 radical (unpaired) electrons. The molecule has 3 aromatic heterocycles. The van der Waals surface area contributed by atoms with E-state index in [1.165, 1.54) is 11.8 Å². The molecule has 0 aliphatic rings. The molecule has 1 amide bonds. The summed E-state index contributed by atoms with van der Waals surface area (Å²) in [6, 6.07) is 10.7. The van der Waals surface area contributed by atoms with Crippen LogP contribution in [0, 0.1) is 20.8 Å². The van der Waals surface area contributed by atoms with Crippen molar-refractivity contribution in [3.63, 3.8) is 0 Å². The van der Waals surface area contributed by atoms with Crippen molar-refractivity contribution < 1.29 is 14.3 Å². The number of nitrogens with zero attached hydrogens (tertiary/aromatic N) is 6. The third-order valence-electron chi connectivity index (χ3n) is 4.60. The maximum Gasteiger partial charge on any atom is 0.262 e. The Kier molecular flexibility index (Phi) is 5.59. The fraction of sp³-hybridized carbons (Fsp3) is 0.227. The summed E-state index contributed by atoms with van der Waals surface area (Å²) in [6.45, 7) is 5.69. The summed E-state index contributed by atoms with van der Waals surface area (Å²) in [5, 5.41) is 11.4. The minimum atomic E-state index is -0.315. The molecule has 4 rings (SSSR count). The van der Waals surface area contributed by atoms with Crippen LogP contribution in [-0.2, 0) is 7.05 Å². The van der Waals surface area contributed by atoms with Crippen molar-refractivity contribution in [2.24, 2.45) is 7.05 Å². The highest BCUT2D eigenvalue weighted by Gasteiger charge is 2.16. The molecule has 0 aliphatic heterocycles. The molecule has 4 aromatic rings. The average molecular weight is 433 g/mol.